The molecule has 0 bridgehead atoms. The zero-order chi connectivity index (χ0) is 20.5. The van der Waals surface area contributed by atoms with E-state index < -0.39 is 23.9 Å². The predicted molar refractivity (Wildman–Crippen MR) is 111 cm³/mol. The first kappa shape index (κ1) is 21.9. The Labute approximate surface area is 166 Å². The molecule has 3 nitrogen and oxygen atoms in total. The third-order valence-corrected chi connectivity index (χ3v) is 4.90. The van der Waals surface area contributed by atoms with Gasteiger partial charge in [0.2, 0.25) is 0 Å². The monoisotopic (exact) mass is 384 g/mol. The number of phenolic OH excluding ortho intramolecular Hbond substituents is 1. The van der Waals surface area contributed by atoms with Gasteiger partial charge in [-0.25, -0.2) is 4.39 Å². The van der Waals surface area contributed by atoms with Gasteiger partial charge in [0, 0.05) is 5.92 Å². The van der Waals surface area contributed by atoms with Crippen molar-refractivity contribution in [2.45, 2.75) is 44.8 Å². The lowest BCUT2D eigenvalue weighted by Crippen LogP contribution is -2.25. The van der Waals surface area contributed by atoms with E-state index in [1.54, 1.807) is 12.1 Å². The maximum Gasteiger partial charge on any atom is 0.165 e. The van der Waals surface area contributed by atoms with Gasteiger partial charge in [-0.15, -0.1) is 6.58 Å². The Kier molecular flexibility index (Phi) is 8.42. The SMILES string of the molecule is C=C[C@H]([C@H](O)CC/C(=C/c1ccc(O)c(F)c1)CCC)[C@H](O)c1ccccc1. The molecule has 0 aromatic heterocycles. The van der Waals surface area contributed by atoms with Gasteiger partial charge in [-0.1, -0.05) is 67.5 Å². The molecule has 0 saturated carbocycles. The standard InChI is InChI=1S/C24H29FO3/c1-3-8-17(15-18-12-14-23(27)21(25)16-18)11-13-22(26)20(4-2)24(28)19-9-6-5-7-10-19/h4-7,9-10,12,14-16,20,22,24,26-28H,2-3,8,11,13H2,1H3/b17-15+/t20-,22-,24-/m1/s1. The van der Waals surface area contributed by atoms with E-state index in [1.165, 1.54) is 12.1 Å². The van der Waals surface area contributed by atoms with E-state index in [0.717, 1.165) is 24.0 Å². The fourth-order valence-electron chi connectivity index (χ4n) is 3.33. The highest BCUT2D eigenvalue weighted by molar-refractivity contribution is 5.54. The van der Waals surface area contributed by atoms with Crippen LogP contribution in [0, 0.1) is 11.7 Å². The van der Waals surface area contributed by atoms with Crippen LogP contribution in [0.4, 0.5) is 4.39 Å². The first-order valence-electron chi connectivity index (χ1n) is 9.67. The zero-order valence-electron chi connectivity index (χ0n) is 16.3. The molecule has 150 valence electrons. The molecule has 2 aromatic carbocycles. The lowest BCUT2D eigenvalue weighted by molar-refractivity contribution is 0.0318. The average Bonchev–Trinajstić information content (AvgIpc) is 2.70. The summed E-state index contributed by atoms with van der Waals surface area (Å²) in [7, 11) is 0. The van der Waals surface area contributed by atoms with E-state index in [0.29, 0.717) is 18.4 Å². The molecule has 0 radical (unpaired) electrons. The van der Waals surface area contributed by atoms with Crippen molar-refractivity contribution in [2.24, 2.45) is 5.92 Å². The molecule has 2 rings (SSSR count). The molecule has 0 aliphatic heterocycles. The summed E-state index contributed by atoms with van der Waals surface area (Å²) in [4.78, 5) is 0. The lowest BCUT2D eigenvalue weighted by Gasteiger charge is -2.25. The van der Waals surface area contributed by atoms with E-state index in [-0.39, 0.29) is 5.75 Å². The Bertz CT molecular complexity index is 786. The summed E-state index contributed by atoms with van der Waals surface area (Å²) in [6.07, 6.45) is 4.78. The molecule has 2 aromatic rings. The van der Waals surface area contributed by atoms with Gasteiger partial charge in [-0.2, -0.15) is 0 Å². The largest absolute Gasteiger partial charge is 0.505 e. The summed E-state index contributed by atoms with van der Waals surface area (Å²) >= 11 is 0. The van der Waals surface area contributed by atoms with E-state index in [1.807, 2.05) is 36.4 Å². The maximum absolute atomic E-state index is 13.6. The van der Waals surface area contributed by atoms with E-state index in [4.69, 9.17) is 0 Å². The minimum Gasteiger partial charge on any atom is -0.505 e. The highest BCUT2D eigenvalue weighted by Crippen LogP contribution is 2.29. The first-order chi connectivity index (χ1) is 13.5. The number of allylic oxidation sites excluding steroid dienone is 1. The average molecular weight is 384 g/mol. The van der Waals surface area contributed by atoms with Crippen LogP contribution in [0.2, 0.25) is 0 Å². The molecule has 0 amide bonds. The molecular formula is C24H29FO3. The summed E-state index contributed by atoms with van der Waals surface area (Å²) < 4.78 is 13.6. The topological polar surface area (TPSA) is 60.7 Å². The number of aromatic hydroxyl groups is 1. The van der Waals surface area contributed by atoms with Crippen LogP contribution in [0.15, 0.2) is 66.8 Å². The quantitative estimate of drug-likeness (QED) is 0.481. The van der Waals surface area contributed by atoms with E-state index in [9.17, 15) is 19.7 Å². The molecule has 0 spiro atoms. The van der Waals surface area contributed by atoms with Gasteiger partial charge in [0.25, 0.3) is 0 Å². The molecule has 0 fully saturated rings. The van der Waals surface area contributed by atoms with E-state index >= 15 is 0 Å². The van der Waals surface area contributed by atoms with Crippen LogP contribution in [0.3, 0.4) is 0 Å². The fraction of sp³-hybridized carbons (Fsp3) is 0.333. The van der Waals surface area contributed by atoms with Gasteiger partial charge in [0.05, 0.1) is 12.2 Å². The molecule has 0 unspecified atom stereocenters. The van der Waals surface area contributed by atoms with Crippen molar-refractivity contribution >= 4 is 6.08 Å². The predicted octanol–water partition coefficient (Wildman–Crippen LogP) is 5.39. The summed E-state index contributed by atoms with van der Waals surface area (Å²) in [6, 6.07) is 13.5. The van der Waals surface area contributed by atoms with Gasteiger partial charge < -0.3 is 15.3 Å². The van der Waals surface area contributed by atoms with Crippen LogP contribution in [0.5, 0.6) is 5.75 Å². The maximum atomic E-state index is 13.6. The molecular weight excluding hydrogens is 355 g/mol. The van der Waals surface area contributed by atoms with Crippen LogP contribution in [-0.2, 0) is 0 Å². The first-order valence-corrected chi connectivity index (χ1v) is 9.67. The van der Waals surface area contributed by atoms with Crippen molar-refractivity contribution in [1.29, 1.82) is 0 Å². The van der Waals surface area contributed by atoms with Gasteiger partial charge in [-0.3, -0.25) is 0 Å². The number of hydrogen-bond acceptors (Lipinski definition) is 3. The third-order valence-electron chi connectivity index (χ3n) is 4.90. The highest BCUT2D eigenvalue weighted by Gasteiger charge is 2.25. The minimum absolute atomic E-state index is 0.367. The van der Waals surface area contributed by atoms with Gasteiger partial charge >= 0.3 is 0 Å². The lowest BCUT2D eigenvalue weighted by atomic mass is 9.87. The zero-order valence-corrected chi connectivity index (χ0v) is 16.3. The number of aliphatic hydroxyl groups is 2. The fourth-order valence-corrected chi connectivity index (χ4v) is 3.33. The summed E-state index contributed by atoms with van der Waals surface area (Å²) in [6.45, 7) is 5.84. The van der Waals surface area contributed by atoms with Crippen LogP contribution >= 0.6 is 0 Å². The van der Waals surface area contributed by atoms with Crippen molar-refractivity contribution < 1.29 is 19.7 Å². The van der Waals surface area contributed by atoms with Gasteiger partial charge in [0.1, 0.15) is 0 Å². The van der Waals surface area contributed by atoms with Crippen molar-refractivity contribution in [1.82, 2.24) is 0 Å². The number of phenols is 1. The molecule has 4 heteroatoms. The summed E-state index contributed by atoms with van der Waals surface area (Å²) in [5.74, 6) is -1.49. The van der Waals surface area contributed by atoms with Crippen LogP contribution in [0.1, 0.15) is 49.8 Å². The molecule has 3 atom stereocenters. The van der Waals surface area contributed by atoms with E-state index in [2.05, 4.69) is 13.5 Å². The number of aliphatic hydroxyl groups excluding tert-OH is 2. The second kappa shape index (κ2) is 10.8. The number of benzene rings is 2. The normalized spacial score (nSPS) is 15.1. The number of rotatable bonds is 10. The molecule has 0 saturated heterocycles. The molecule has 3 N–H and O–H groups in total. The van der Waals surface area contributed by atoms with Crippen LogP contribution < -0.4 is 0 Å². The molecule has 0 aliphatic rings. The third kappa shape index (κ3) is 6.04. The number of halogens is 1. The van der Waals surface area contributed by atoms with Crippen molar-refractivity contribution in [2.75, 3.05) is 0 Å². The van der Waals surface area contributed by atoms with Crippen molar-refractivity contribution in [3.8, 4) is 5.75 Å². The smallest absolute Gasteiger partial charge is 0.165 e. The summed E-state index contributed by atoms with van der Waals surface area (Å²) in [5.41, 5.74) is 2.51. The Morgan fingerprint density at radius 2 is 1.82 bits per heavy atom. The molecule has 28 heavy (non-hydrogen) atoms. The Balaban J connectivity index is 2.07. The van der Waals surface area contributed by atoms with Crippen molar-refractivity contribution in [3.63, 3.8) is 0 Å². The minimum atomic E-state index is -0.821. The highest BCUT2D eigenvalue weighted by atomic mass is 19.1. The second-order valence-corrected chi connectivity index (χ2v) is 7.04. The molecule has 0 heterocycles. The van der Waals surface area contributed by atoms with Crippen LogP contribution in [0.25, 0.3) is 6.08 Å². The van der Waals surface area contributed by atoms with Crippen molar-refractivity contribution in [3.05, 3.63) is 83.7 Å². The van der Waals surface area contributed by atoms with Gasteiger partial charge in [0.15, 0.2) is 11.6 Å². The second-order valence-electron chi connectivity index (χ2n) is 7.04. The molecule has 0 aliphatic carbocycles. The Morgan fingerprint density at radius 3 is 2.43 bits per heavy atom. The Morgan fingerprint density at radius 1 is 1.11 bits per heavy atom. The number of hydrogen-bond donors (Lipinski definition) is 3. The van der Waals surface area contributed by atoms with Crippen LogP contribution in [-0.4, -0.2) is 21.4 Å². The Hall–Kier alpha value is -2.43. The van der Waals surface area contributed by atoms with Gasteiger partial charge in [-0.05, 0) is 42.5 Å². The summed E-state index contributed by atoms with van der Waals surface area (Å²) in [5, 5.41) is 30.6.